The van der Waals surface area contributed by atoms with Crippen molar-refractivity contribution in [3.05, 3.63) is 33.8 Å². The number of benzene rings is 1. The van der Waals surface area contributed by atoms with Gasteiger partial charge in [0, 0.05) is 21.0 Å². The van der Waals surface area contributed by atoms with Gasteiger partial charge in [-0.2, -0.15) is 0 Å². The van der Waals surface area contributed by atoms with Crippen molar-refractivity contribution >= 4 is 31.8 Å². The summed E-state index contributed by atoms with van der Waals surface area (Å²) in [6.07, 6.45) is 6.47. The molecule has 3 aliphatic carbocycles. The van der Waals surface area contributed by atoms with Crippen molar-refractivity contribution < 1.29 is 12.9 Å². The smallest absolute Gasteiger partial charge is 0.236 e. The number of nitrogens with one attached hydrogen (secondary N) is 1. The van der Waals surface area contributed by atoms with Crippen molar-refractivity contribution in [1.82, 2.24) is 5.16 Å². The third-order valence-electron chi connectivity index (χ3n) is 5.93. The Kier molecular flexibility index (Phi) is 3.39. The van der Waals surface area contributed by atoms with E-state index in [1.54, 1.807) is 0 Å². The first-order valence-electron chi connectivity index (χ1n) is 8.79. The summed E-state index contributed by atoms with van der Waals surface area (Å²) < 4.78 is 34.6. The summed E-state index contributed by atoms with van der Waals surface area (Å²) in [4.78, 5) is 0. The fourth-order valence-electron chi connectivity index (χ4n) is 4.38. The Bertz CT molecular complexity index is 957. The number of hydrogen-bond acceptors (Lipinski definition) is 4. The molecular formula is C18H19BrN2O3S. The average Bonchev–Trinajstić information content (AvgIpc) is 2.99. The lowest BCUT2D eigenvalue weighted by molar-refractivity contribution is 0.431. The average molecular weight is 423 g/mol. The maximum Gasteiger partial charge on any atom is 0.236 e. The highest BCUT2D eigenvalue weighted by Crippen LogP contribution is 2.58. The van der Waals surface area contributed by atoms with Gasteiger partial charge in [0.1, 0.15) is 0 Å². The summed E-state index contributed by atoms with van der Waals surface area (Å²) in [7, 11) is -3.40. The molecule has 5 rings (SSSR count). The van der Waals surface area contributed by atoms with E-state index in [-0.39, 0.29) is 10.7 Å². The van der Waals surface area contributed by atoms with Gasteiger partial charge in [0.25, 0.3) is 0 Å². The topological polar surface area (TPSA) is 72.2 Å². The second-order valence-corrected chi connectivity index (χ2v) is 10.4. The van der Waals surface area contributed by atoms with Gasteiger partial charge in [-0.3, -0.25) is 4.72 Å². The van der Waals surface area contributed by atoms with E-state index in [4.69, 9.17) is 4.52 Å². The Morgan fingerprint density at radius 1 is 1.24 bits per heavy atom. The number of halogens is 1. The zero-order valence-corrected chi connectivity index (χ0v) is 16.1. The maximum absolute atomic E-state index is 12.7. The van der Waals surface area contributed by atoms with Crippen LogP contribution in [-0.2, 0) is 21.9 Å². The molecule has 0 unspecified atom stereocenters. The molecule has 2 saturated carbocycles. The molecule has 0 amide bonds. The molecule has 1 heterocycles. The van der Waals surface area contributed by atoms with E-state index in [2.05, 4.69) is 37.9 Å². The normalized spacial score (nSPS) is 21.2. The molecule has 2 fully saturated rings. The predicted octanol–water partition coefficient (Wildman–Crippen LogP) is 4.38. The van der Waals surface area contributed by atoms with Crippen LogP contribution < -0.4 is 4.72 Å². The molecule has 1 aromatic carbocycles. The van der Waals surface area contributed by atoms with Gasteiger partial charge < -0.3 is 4.52 Å². The summed E-state index contributed by atoms with van der Waals surface area (Å²) >= 11 is 3.53. The minimum Gasteiger partial charge on any atom is -0.354 e. The molecule has 2 aromatic rings. The van der Waals surface area contributed by atoms with E-state index < -0.39 is 10.0 Å². The first kappa shape index (κ1) is 15.9. The summed E-state index contributed by atoms with van der Waals surface area (Å²) in [6.45, 7) is 0. The Balaban J connectivity index is 1.56. The van der Waals surface area contributed by atoms with Gasteiger partial charge in [0.2, 0.25) is 10.0 Å². The number of nitrogens with zero attached hydrogens (tertiary/aromatic N) is 1. The van der Waals surface area contributed by atoms with Gasteiger partial charge >= 0.3 is 0 Å². The van der Waals surface area contributed by atoms with Crippen LogP contribution in [0.2, 0.25) is 0 Å². The van der Waals surface area contributed by atoms with Crippen LogP contribution in [0.4, 0.5) is 5.82 Å². The minimum atomic E-state index is -3.40. The van der Waals surface area contributed by atoms with Crippen LogP contribution in [0.1, 0.15) is 49.7 Å². The third kappa shape index (κ3) is 2.46. The quantitative estimate of drug-likeness (QED) is 0.796. The molecule has 1 N–H and O–H groups in total. The largest absolute Gasteiger partial charge is 0.354 e. The molecule has 0 atom stereocenters. The van der Waals surface area contributed by atoms with Gasteiger partial charge in [-0.1, -0.05) is 40.0 Å². The number of hydrogen-bond donors (Lipinski definition) is 1. The zero-order valence-electron chi connectivity index (χ0n) is 13.7. The fraction of sp³-hybridized carbons (Fsp3) is 0.500. The van der Waals surface area contributed by atoms with E-state index in [1.807, 2.05) is 6.07 Å². The SMILES string of the molecule is O=S(=O)(Nc1noc2c1CC1(CC1)c1ccc(Br)cc1-2)C1CCCC1. The molecule has 0 saturated heterocycles. The molecule has 7 heteroatoms. The van der Waals surface area contributed by atoms with Gasteiger partial charge in [0.15, 0.2) is 11.6 Å². The van der Waals surface area contributed by atoms with Crippen LogP contribution in [0.3, 0.4) is 0 Å². The van der Waals surface area contributed by atoms with E-state index in [1.165, 1.54) is 5.56 Å². The first-order valence-corrected chi connectivity index (χ1v) is 11.1. The first-order chi connectivity index (χ1) is 12.0. The Labute approximate surface area is 155 Å². The molecule has 5 nitrogen and oxygen atoms in total. The molecule has 0 radical (unpaired) electrons. The van der Waals surface area contributed by atoms with Gasteiger partial charge in [-0.15, -0.1) is 0 Å². The Hall–Kier alpha value is -1.34. The van der Waals surface area contributed by atoms with E-state index in [0.29, 0.717) is 11.6 Å². The summed E-state index contributed by atoms with van der Waals surface area (Å²) in [5.74, 6) is 1.09. The highest BCUT2D eigenvalue weighted by atomic mass is 79.9. The van der Waals surface area contributed by atoms with Gasteiger partial charge in [0.05, 0.1) is 5.25 Å². The lowest BCUT2D eigenvalue weighted by Gasteiger charge is -2.24. The second kappa shape index (κ2) is 5.33. The van der Waals surface area contributed by atoms with Crippen LogP contribution >= 0.6 is 15.9 Å². The van der Waals surface area contributed by atoms with E-state index in [0.717, 1.165) is 60.5 Å². The van der Waals surface area contributed by atoms with Crippen molar-refractivity contribution in [3.63, 3.8) is 0 Å². The Morgan fingerprint density at radius 2 is 2.00 bits per heavy atom. The Morgan fingerprint density at radius 3 is 2.72 bits per heavy atom. The minimum absolute atomic E-state index is 0.127. The molecule has 1 aromatic heterocycles. The molecule has 132 valence electrons. The van der Waals surface area contributed by atoms with Crippen molar-refractivity contribution in [2.45, 2.75) is 55.6 Å². The van der Waals surface area contributed by atoms with E-state index >= 15 is 0 Å². The monoisotopic (exact) mass is 422 g/mol. The van der Waals surface area contributed by atoms with Crippen LogP contribution in [0.5, 0.6) is 0 Å². The lowest BCUT2D eigenvalue weighted by Crippen LogP contribution is -2.26. The van der Waals surface area contributed by atoms with Crippen LogP contribution in [0, 0.1) is 0 Å². The zero-order chi connectivity index (χ0) is 17.2. The standard InChI is InChI=1S/C18H19BrN2O3S/c19-11-5-6-15-13(9-11)16-14(10-18(15)7-8-18)17(20-24-16)21-25(22,23)12-3-1-2-4-12/h5-6,9,12H,1-4,7-8,10H2,(H,20,21). The summed E-state index contributed by atoms with van der Waals surface area (Å²) in [5.41, 5.74) is 3.36. The summed E-state index contributed by atoms with van der Waals surface area (Å²) in [6, 6.07) is 6.26. The van der Waals surface area contributed by atoms with E-state index in [9.17, 15) is 8.42 Å². The number of aromatic nitrogens is 1. The lowest BCUT2D eigenvalue weighted by atomic mass is 9.79. The molecule has 1 spiro atoms. The van der Waals surface area contributed by atoms with Crippen molar-refractivity contribution in [3.8, 4) is 11.3 Å². The highest BCUT2D eigenvalue weighted by molar-refractivity contribution is 9.10. The van der Waals surface area contributed by atoms with Gasteiger partial charge in [-0.05, 0) is 49.8 Å². The van der Waals surface area contributed by atoms with Crippen LogP contribution in [0.15, 0.2) is 27.2 Å². The number of anilines is 1. The summed E-state index contributed by atoms with van der Waals surface area (Å²) in [5, 5.41) is 3.79. The number of sulfonamides is 1. The third-order valence-corrected chi connectivity index (χ3v) is 8.25. The molecule has 0 bridgehead atoms. The molecule has 3 aliphatic rings. The van der Waals surface area contributed by atoms with Crippen LogP contribution in [-0.4, -0.2) is 18.8 Å². The molecule has 0 aliphatic heterocycles. The van der Waals surface area contributed by atoms with Crippen molar-refractivity contribution in [1.29, 1.82) is 0 Å². The molecule has 25 heavy (non-hydrogen) atoms. The molecular weight excluding hydrogens is 404 g/mol. The highest BCUT2D eigenvalue weighted by Gasteiger charge is 2.50. The predicted molar refractivity (Wildman–Crippen MR) is 99.1 cm³/mol. The fourth-order valence-corrected chi connectivity index (χ4v) is 6.29. The van der Waals surface area contributed by atoms with Crippen LogP contribution in [0.25, 0.3) is 11.3 Å². The van der Waals surface area contributed by atoms with Crippen molar-refractivity contribution in [2.24, 2.45) is 0 Å². The number of rotatable bonds is 3. The number of fused-ring (bicyclic) bond motifs is 4. The second-order valence-electron chi connectivity index (χ2n) is 7.54. The van der Waals surface area contributed by atoms with Gasteiger partial charge in [-0.25, -0.2) is 8.42 Å². The maximum atomic E-state index is 12.7. The van der Waals surface area contributed by atoms with Crippen molar-refractivity contribution in [2.75, 3.05) is 4.72 Å².